The van der Waals surface area contributed by atoms with Crippen LogP contribution in [0.25, 0.3) is 0 Å². The van der Waals surface area contributed by atoms with Crippen LogP contribution in [0.4, 0.5) is 4.39 Å². The van der Waals surface area contributed by atoms with E-state index in [9.17, 15) is 39.8 Å². The smallest absolute Gasteiger partial charge is 0.311 e. The lowest BCUT2D eigenvalue weighted by atomic mass is 9.83. The van der Waals surface area contributed by atoms with Gasteiger partial charge in [-0.2, -0.15) is 0 Å². The summed E-state index contributed by atoms with van der Waals surface area (Å²) < 4.78 is 59.7. The summed E-state index contributed by atoms with van der Waals surface area (Å²) in [5.74, 6) is -2.00. The standard InChI is InChI=1S/C51H86FN5O14/c1-14-40-51(9,64)45(60)32(5)56(11)26-29(2)23-49(7,63)41(22-39(31(4)47(62)70-40)69-42-24-50(8,66-13)46(61)33(6)68-42)71-48-43(59)37(21-30(3)67-48)55(10)20-19-36-27-57(54-53-36)38(25-52)44(65-12)35-17-15-34(28-58)16-18-35/h15-18,27,29-33,37-46,48,58-61,63-64H,14,19-26,28H2,1-13H3/t29-,30-,31-,32-,33+,37+,38-,39+,40-,41-,42+,43-,44-,45-,46+,48+,49-,50-,51-/m1/s1. The molecule has 0 amide bonds. The molecule has 3 aliphatic rings. The van der Waals surface area contributed by atoms with E-state index in [0.717, 1.165) is 11.1 Å². The van der Waals surface area contributed by atoms with Crippen molar-refractivity contribution >= 4 is 5.97 Å². The molecule has 19 nitrogen and oxygen atoms in total. The third kappa shape index (κ3) is 14.1. The Bertz CT molecular complexity index is 1950. The summed E-state index contributed by atoms with van der Waals surface area (Å²) in [6, 6.07) is 5.23. The maximum absolute atomic E-state index is 14.7. The van der Waals surface area contributed by atoms with Crippen LogP contribution in [0, 0.1) is 11.8 Å². The van der Waals surface area contributed by atoms with E-state index in [2.05, 4.69) is 10.3 Å². The molecule has 4 heterocycles. The molecule has 3 aliphatic heterocycles. The van der Waals surface area contributed by atoms with E-state index >= 15 is 0 Å². The Hall–Kier alpha value is -2.80. The van der Waals surface area contributed by atoms with Crippen molar-refractivity contribution < 1.29 is 73.0 Å². The van der Waals surface area contributed by atoms with Crippen molar-refractivity contribution in [2.75, 3.05) is 48.1 Å². The Balaban J connectivity index is 1.42. The van der Waals surface area contributed by atoms with E-state index in [-0.39, 0.29) is 38.2 Å². The molecule has 2 aromatic rings. The van der Waals surface area contributed by atoms with Crippen molar-refractivity contribution in [1.82, 2.24) is 24.8 Å². The topological polar surface area (TPSA) is 240 Å². The normalized spacial score (nSPS) is 39.4. The van der Waals surface area contributed by atoms with E-state index in [1.54, 1.807) is 72.0 Å². The van der Waals surface area contributed by atoms with Gasteiger partial charge in [-0.3, -0.25) is 4.79 Å². The fourth-order valence-electron chi connectivity index (χ4n) is 10.7. The van der Waals surface area contributed by atoms with Gasteiger partial charge < -0.3 is 73.6 Å². The average Bonchev–Trinajstić information content (AvgIpc) is 3.80. The van der Waals surface area contributed by atoms with Gasteiger partial charge in [-0.25, -0.2) is 9.07 Å². The number of benzene rings is 1. The van der Waals surface area contributed by atoms with Crippen LogP contribution in [0.5, 0.6) is 0 Å². The van der Waals surface area contributed by atoms with Crippen LogP contribution in [0.1, 0.15) is 123 Å². The zero-order chi connectivity index (χ0) is 52.7. The Kier molecular flexibility index (Phi) is 20.9. The highest BCUT2D eigenvalue weighted by Gasteiger charge is 2.51. The predicted octanol–water partition coefficient (Wildman–Crippen LogP) is 3.25. The van der Waals surface area contributed by atoms with Gasteiger partial charge in [0, 0.05) is 64.9 Å². The summed E-state index contributed by atoms with van der Waals surface area (Å²) in [4.78, 5) is 18.2. The number of aliphatic hydroxyl groups excluding tert-OH is 4. The molecule has 406 valence electrons. The molecule has 0 spiro atoms. The molecule has 1 aromatic carbocycles. The van der Waals surface area contributed by atoms with E-state index in [1.165, 1.54) is 25.8 Å². The van der Waals surface area contributed by atoms with Gasteiger partial charge in [0.2, 0.25) is 0 Å². The van der Waals surface area contributed by atoms with Gasteiger partial charge >= 0.3 is 5.97 Å². The second-order valence-corrected chi connectivity index (χ2v) is 21.4. The number of carbonyl (C=O) groups is 1. The minimum absolute atomic E-state index is 0.0891. The van der Waals surface area contributed by atoms with Crippen LogP contribution in [0.3, 0.4) is 0 Å². The van der Waals surface area contributed by atoms with Crippen molar-refractivity contribution in [3.05, 3.63) is 47.3 Å². The van der Waals surface area contributed by atoms with Crippen molar-refractivity contribution in [3.63, 3.8) is 0 Å². The van der Waals surface area contributed by atoms with Gasteiger partial charge in [-0.15, -0.1) is 5.10 Å². The van der Waals surface area contributed by atoms with E-state index in [4.69, 9.17) is 33.2 Å². The minimum atomic E-state index is -1.85. The number of aromatic nitrogens is 3. The summed E-state index contributed by atoms with van der Waals surface area (Å²) in [6.07, 6.45) is -8.01. The van der Waals surface area contributed by atoms with Crippen molar-refractivity contribution in [2.45, 2.75) is 210 Å². The first-order valence-electron chi connectivity index (χ1n) is 25.3. The van der Waals surface area contributed by atoms with Crippen molar-refractivity contribution in [3.8, 4) is 0 Å². The molecule has 0 aliphatic carbocycles. The molecule has 19 atom stereocenters. The zero-order valence-electron chi connectivity index (χ0n) is 44.3. The Morgan fingerprint density at radius 1 is 0.972 bits per heavy atom. The minimum Gasteiger partial charge on any atom is -0.459 e. The molecule has 20 heteroatoms. The number of nitrogens with zero attached hydrogens (tertiary/aromatic N) is 5. The largest absolute Gasteiger partial charge is 0.459 e. The molecule has 0 saturated carbocycles. The van der Waals surface area contributed by atoms with E-state index < -0.39 is 121 Å². The Morgan fingerprint density at radius 3 is 2.25 bits per heavy atom. The second-order valence-electron chi connectivity index (χ2n) is 21.4. The maximum atomic E-state index is 14.7. The molecule has 6 N–H and O–H groups in total. The molecular weight excluding hydrogens is 926 g/mol. The number of halogens is 1. The van der Waals surface area contributed by atoms with Gasteiger partial charge in [0.05, 0.1) is 53.8 Å². The SMILES string of the molecule is CC[C@H]1OC(=O)[C@H](C)[C@@H](O[C@H]2C[C@@](C)(OC)[C@@H](O)[C@H](C)O2)C[C@@H](O[C@@H]2O[C@H](C)C[C@H](N(C)CCc3cn([C@H](CF)[C@H](OC)c4ccc(CO)cc4)nn3)[C@H]2O)[C@](C)(O)C[C@@H](C)CN(C)[C@H](C)[C@@H](O)[C@]1(C)O. The Morgan fingerprint density at radius 2 is 1.65 bits per heavy atom. The number of carbonyl (C=O) groups excluding carboxylic acids is 1. The first-order chi connectivity index (χ1) is 33.3. The number of methoxy groups -OCH3 is 2. The number of rotatable bonds is 16. The molecular formula is C51H86FN5O14. The predicted molar refractivity (Wildman–Crippen MR) is 259 cm³/mol. The van der Waals surface area contributed by atoms with Crippen LogP contribution < -0.4 is 0 Å². The van der Waals surface area contributed by atoms with Crippen LogP contribution >= 0.6 is 0 Å². The number of aliphatic hydroxyl groups is 6. The Labute approximate surface area is 419 Å². The van der Waals surface area contributed by atoms with Crippen LogP contribution in [0.15, 0.2) is 30.5 Å². The number of ether oxygens (including phenoxy) is 7. The molecule has 3 fully saturated rings. The first-order valence-corrected chi connectivity index (χ1v) is 25.3. The zero-order valence-corrected chi connectivity index (χ0v) is 44.3. The average molecular weight is 1010 g/mol. The van der Waals surface area contributed by atoms with Gasteiger partial charge in [-0.05, 0) is 98.9 Å². The quantitative estimate of drug-likeness (QED) is 0.132. The summed E-state index contributed by atoms with van der Waals surface area (Å²) >= 11 is 0. The number of cyclic esters (lactones) is 1. The van der Waals surface area contributed by atoms with E-state index in [0.29, 0.717) is 31.6 Å². The highest BCUT2D eigenvalue weighted by atomic mass is 19.1. The highest BCUT2D eigenvalue weighted by Crippen LogP contribution is 2.39. The number of hydrogen-bond donors (Lipinski definition) is 6. The number of alkyl halides is 1. The lowest BCUT2D eigenvalue weighted by molar-refractivity contribution is -0.308. The molecule has 0 radical (unpaired) electrons. The van der Waals surface area contributed by atoms with Crippen LogP contribution in [0.2, 0.25) is 0 Å². The summed E-state index contributed by atoms with van der Waals surface area (Å²) in [5, 5.41) is 77.4. The lowest BCUT2D eigenvalue weighted by Gasteiger charge is -2.47. The summed E-state index contributed by atoms with van der Waals surface area (Å²) in [7, 11) is 6.69. The first kappa shape index (κ1) is 59.1. The van der Waals surface area contributed by atoms with Crippen molar-refractivity contribution in [2.24, 2.45) is 11.8 Å². The summed E-state index contributed by atoms with van der Waals surface area (Å²) in [6.45, 7) is 15.5. The molecule has 0 bridgehead atoms. The molecule has 71 heavy (non-hydrogen) atoms. The van der Waals surface area contributed by atoms with Gasteiger partial charge in [0.1, 0.15) is 48.8 Å². The highest BCUT2D eigenvalue weighted by molar-refractivity contribution is 5.73. The molecule has 3 saturated heterocycles. The second kappa shape index (κ2) is 25.2. The monoisotopic (exact) mass is 1010 g/mol. The number of likely N-dealkylation sites (N-methyl/N-ethyl adjacent to an activating group) is 2. The molecule has 0 unspecified atom stereocenters. The van der Waals surface area contributed by atoms with Crippen molar-refractivity contribution in [1.29, 1.82) is 0 Å². The van der Waals surface area contributed by atoms with Gasteiger partial charge in [0.15, 0.2) is 12.6 Å². The molecule has 1 aromatic heterocycles. The maximum Gasteiger partial charge on any atom is 0.311 e. The van der Waals surface area contributed by atoms with Gasteiger partial charge in [-0.1, -0.05) is 43.3 Å². The number of esters is 1. The fourth-order valence-corrected chi connectivity index (χ4v) is 10.7. The third-order valence-corrected chi connectivity index (χ3v) is 15.6. The van der Waals surface area contributed by atoms with E-state index in [1.807, 2.05) is 37.7 Å². The fraction of sp³-hybridized carbons (Fsp3) is 0.824. The number of hydrogen-bond acceptors (Lipinski definition) is 18. The summed E-state index contributed by atoms with van der Waals surface area (Å²) in [5.41, 5.74) is -2.50. The van der Waals surface area contributed by atoms with Gasteiger partial charge in [0.25, 0.3) is 0 Å². The molecule has 5 rings (SSSR count). The van der Waals surface area contributed by atoms with Crippen LogP contribution in [-0.4, -0.2) is 200 Å². The lowest BCUT2D eigenvalue weighted by Crippen LogP contribution is -2.59. The van der Waals surface area contributed by atoms with Crippen LogP contribution in [-0.2, 0) is 51.0 Å². The third-order valence-electron chi connectivity index (χ3n) is 15.6.